The van der Waals surface area contributed by atoms with Gasteiger partial charge in [0.25, 0.3) is 0 Å². The predicted molar refractivity (Wildman–Crippen MR) is 111 cm³/mol. The van der Waals surface area contributed by atoms with Gasteiger partial charge in [-0.15, -0.1) is 0 Å². The van der Waals surface area contributed by atoms with Crippen LogP contribution in [0, 0.1) is 0 Å². The second-order valence-corrected chi connectivity index (χ2v) is 8.16. The van der Waals surface area contributed by atoms with Crippen LogP contribution in [0.1, 0.15) is 36.9 Å². The fourth-order valence-corrected chi connectivity index (χ4v) is 5.21. The lowest BCUT2D eigenvalue weighted by molar-refractivity contribution is -0.141. The minimum absolute atomic E-state index is 0.0439. The highest BCUT2D eigenvalue weighted by molar-refractivity contribution is 5.86. The lowest BCUT2D eigenvalue weighted by Crippen LogP contribution is -2.49. The van der Waals surface area contributed by atoms with Crippen LogP contribution in [-0.4, -0.2) is 53.1 Å². The number of benzene rings is 2. The van der Waals surface area contributed by atoms with Crippen LogP contribution in [0.15, 0.2) is 54.6 Å². The fraction of sp³-hybridized carbons (Fsp3) is 0.417. The maximum atomic E-state index is 13.1. The largest absolute Gasteiger partial charge is 0.494 e. The Morgan fingerprint density at radius 1 is 1.17 bits per heavy atom. The molecule has 0 radical (unpaired) electrons. The van der Waals surface area contributed by atoms with Gasteiger partial charge < -0.3 is 19.3 Å². The third-order valence-electron chi connectivity index (χ3n) is 6.55. The predicted octanol–water partition coefficient (Wildman–Crippen LogP) is 2.93. The van der Waals surface area contributed by atoms with Gasteiger partial charge in [-0.3, -0.25) is 9.59 Å². The number of hydrogen-bond acceptors (Lipinski definition) is 4. The molecule has 3 atom stereocenters. The smallest absolute Gasteiger partial charge is 0.227 e. The summed E-state index contributed by atoms with van der Waals surface area (Å²) >= 11 is 0. The lowest BCUT2D eigenvalue weighted by atomic mass is 10.0. The minimum Gasteiger partial charge on any atom is -0.494 e. The molecule has 5 rings (SSSR count). The molecule has 3 saturated heterocycles. The van der Waals surface area contributed by atoms with Crippen LogP contribution < -0.4 is 4.74 Å². The number of ether oxygens (including phenoxy) is 2. The number of likely N-dealkylation sites (tertiary alicyclic amines) is 1. The summed E-state index contributed by atoms with van der Waals surface area (Å²) in [5, 5.41) is 0. The van der Waals surface area contributed by atoms with Crippen LogP contribution in [0.3, 0.4) is 0 Å². The van der Waals surface area contributed by atoms with Crippen molar-refractivity contribution >= 4 is 11.8 Å². The Kier molecular flexibility index (Phi) is 4.74. The molecule has 0 unspecified atom stereocenters. The molecule has 3 aliphatic heterocycles. The quantitative estimate of drug-likeness (QED) is 0.766. The van der Waals surface area contributed by atoms with Gasteiger partial charge in [0.15, 0.2) is 5.72 Å². The first kappa shape index (κ1) is 19.1. The van der Waals surface area contributed by atoms with Crippen molar-refractivity contribution in [2.45, 2.75) is 44.0 Å². The van der Waals surface area contributed by atoms with Crippen molar-refractivity contribution in [2.75, 3.05) is 19.8 Å². The van der Waals surface area contributed by atoms with Crippen molar-refractivity contribution in [1.29, 1.82) is 0 Å². The van der Waals surface area contributed by atoms with Crippen molar-refractivity contribution in [2.24, 2.45) is 0 Å². The second-order valence-electron chi connectivity index (χ2n) is 8.16. The molecule has 156 valence electrons. The normalized spacial score (nSPS) is 27.3. The first-order valence-corrected chi connectivity index (χ1v) is 10.6. The van der Waals surface area contributed by atoms with E-state index in [9.17, 15) is 9.59 Å². The SMILES string of the molecule is CCOc1ccc(CC(=O)N2CC[C@@]34OC[C@@H](c5ccccc5)N3C(=O)C[C@@H]24)cc1. The van der Waals surface area contributed by atoms with Crippen LogP contribution in [0.5, 0.6) is 5.75 Å². The molecule has 0 aliphatic carbocycles. The van der Waals surface area contributed by atoms with Crippen molar-refractivity contribution in [1.82, 2.24) is 9.80 Å². The topological polar surface area (TPSA) is 59.1 Å². The molecule has 3 aliphatic rings. The first-order valence-electron chi connectivity index (χ1n) is 10.6. The van der Waals surface area contributed by atoms with Crippen molar-refractivity contribution in [3.05, 3.63) is 65.7 Å². The van der Waals surface area contributed by atoms with Gasteiger partial charge in [-0.25, -0.2) is 0 Å². The van der Waals surface area contributed by atoms with Crippen LogP contribution in [0.25, 0.3) is 0 Å². The van der Waals surface area contributed by atoms with E-state index in [1.54, 1.807) is 0 Å². The molecule has 6 heteroatoms. The zero-order valence-corrected chi connectivity index (χ0v) is 17.1. The van der Waals surface area contributed by atoms with Gasteiger partial charge >= 0.3 is 0 Å². The van der Waals surface area contributed by atoms with E-state index in [0.717, 1.165) is 16.9 Å². The molecule has 0 bridgehead atoms. The average Bonchev–Trinajstić information content (AvgIpc) is 3.39. The Morgan fingerprint density at radius 3 is 2.67 bits per heavy atom. The van der Waals surface area contributed by atoms with Crippen molar-refractivity contribution < 1.29 is 19.1 Å². The van der Waals surface area contributed by atoms with Gasteiger partial charge in [0, 0.05) is 13.0 Å². The maximum Gasteiger partial charge on any atom is 0.227 e. The van der Waals surface area contributed by atoms with E-state index in [0.29, 0.717) is 39.0 Å². The van der Waals surface area contributed by atoms with Crippen LogP contribution in [0.2, 0.25) is 0 Å². The monoisotopic (exact) mass is 406 g/mol. The zero-order valence-electron chi connectivity index (χ0n) is 17.1. The van der Waals surface area contributed by atoms with Crippen molar-refractivity contribution in [3.8, 4) is 5.75 Å². The summed E-state index contributed by atoms with van der Waals surface area (Å²) in [7, 11) is 0. The van der Waals surface area contributed by atoms with Crippen LogP contribution in [0.4, 0.5) is 0 Å². The molecule has 30 heavy (non-hydrogen) atoms. The molecule has 3 heterocycles. The Balaban J connectivity index is 1.33. The molecular formula is C24H26N2O4. The highest BCUT2D eigenvalue weighted by atomic mass is 16.5. The van der Waals surface area contributed by atoms with E-state index < -0.39 is 5.72 Å². The Bertz CT molecular complexity index is 945. The number of carbonyl (C=O) groups excluding carboxylic acids is 2. The van der Waals surface area contributed by atoms with Gasteiger partial charge in [-0.1, -0.05) is 42.5 Å². The summed E-state index contributed by atoms with van der Waals surface area (Å²) in [5.41, 5.74) is 1.36. The third-order valence-corrected chi connectivity index (χ3v) is 6.55. The second kappa shape index (κ2) is 7.43. The summed E-state index contributed by atoms with van der Waals surface area (Å²) in [5.74, 6) is 0.921. The van der Waals surface area contributed by atoms with Gasteiger partial charge in [0.2, 0.25) is 11.8 Å². The molecule has 2 amide bonds. The molecule has 1 spiro atoms. The van der Waals surface area contributed by atoms with Gasteiger partial charge in [0.05, 0.1) is 38.1 Å². The summed E-state index contributed by atoms with van der Waals surface area (Å²) in [6.45, 7) is 3.66. The molecule has 0 aromatic heterocycles. The third kappa shape index (κ3) is 2.98. The van der Waals surface area contributed by atoms with E-state index in [2.05, 4.69) is 0 Å². The lowest BCUT2D eigenvalue weighted by Gasteiger charge is -2.33. The molecule has 2 aromatic carbocycles. The minimum atomic E-state index is -0.675. The van der Waals surface area contributed by atoms with E-state index in [-0.39, 0.29) is 23.9 Å². The summed E-state index contributed by atoms with van der Waals surface area (Å²) in [4.78, 5) is 29.9. The fourth-order valence-electron chi connectivity index (χ4n) is 5.21. The number of rotatable bonds is 5. The van der Waals surface area contributed by atoms with E-state index in [1.807, 2.05) is 71.3 Å². The van der Waals surface area contributed by atoms with Gasteiger partial charge in [-0.05, 0) is 30.2 Å². The molecule has 0 saturated carbocycles. The van der Waals surface area contributed by atoms with E-state index in [4.69, 9.17) is 9.47 Å². The van der Waals surface area contributed by atoms with Gasteiger partial charge in [0.1, 0.15) is 5.75 Å². The zero-order chi connectivity index (χ0) is 20.7. The van der Waals surface area contributed by atoms with Gasteiger partial charge in [-0.2, -0.15) is 0 Å². The average molecular weight is 406 g/mol. The Hall–Kier alpha value is -2.86. The molecular weight excluding hydrogens is 380 g/mol. The Labute approximate surface area is 176 Å². The first-order chi connectivity index (χ1) is 14.6. The van der Waals surface area contributed by atoms with Crippen LogP contribution in [-0.2, 0) is 20.7 Å². The molecule has 0 N–H and O–H groups in total. The maximum absolute atomic E-state index is 13.1. The number of amides is 2. The summed E-state index contributed by atoms with van der Waals surface area (Å²) in [6, 6.07) is 17.4. The van der Waals surface area contributed by atoms with E-state index >= 15 is 0 Å². The summed E-state index contributed by atoms with van der Waals surface area (Å²) < 4.78 is 11.8. The standard InChI is InChI=1S/C24H26N2O4/c1-2-29-19-10-8-17(9-11-19)14-22(27)25-13-12-24-21(25)15-23(28)26(24)20(16-30-24)18-6-4-3-5-7-18/h3-11,20-21H,2,12-16H2,1H3/t20-,21+,24-/m0/s1. The highest BCUT2D eigenvalue weighted by Crippen LogP contribution is 2.51. The highest BCUT2D eigenvalue weighted by Gasteiger charge is 2.65. The van der Waals surface area contributed by atoms with Crippen molar-refractivity contribution in [3.63, 3.8) is 0 Å². The molecule has 2 aromatic rings. The van der Waals surface area contributed by atoms with E-state index in [1.165, 1.54) is 0 Å². The number of nitrogens with zero attached hydrogens (tertiary/aromatic N) is 2. The van der Waals surface area contributed by atoms with Crippen LogP contribution >= 0.6 is 0 Å². The molecule has 3 fully saturated rings. The number of hydrogen-bond donors (Lipinski definition) is 0. The number of carbonyl (C=O) groups is 2. The molecule has 6 nitrogen and oxygen atoms in total. The Morgan fingerprint density at radius 2 is 1.93 bits per heavy atom. The summed E-state index contributed by atoms with van der Waals surface area (Å²) in [6.07, 6.45) is 1.31.